The molecular formula is C20H27N3O. The number of amides is 1. The number of aryl methyl sites for hydroxylation is 2. The van der Waals surface area contributed by atoms with Crippen molar-refractivity contribution in [1.29, 1.82) is 0 Å². The van der Waals surface area contributed by atoms with Crippen molar-refractivity contribution >= 4 is 5.91 Å². The topological polar surface area (TPSA) is 38.1 Å². The summed E-state index contributed by atoms with van der Waals surface area (Å²) in [4.78, 5) is 15.1. The first kappa shape index (κ1) is 16.7. The van der Waals surface area contributed by atoms with Gasteiger partial charge in [-0.2, -0.15) is 5.10 Å². The van der Waals surface area contributed by atoms with E-state index in [0.717, 1.165) is 17.8 Å². The van der Waals surface area contributed by atoms with Gasteiger partial charge in [-0.1, -0.05) is 30.3 Å². The van der Waals surface area contributed by atoms with E-state index in [9.17, 15) is 4.79 Å². The van der Waals surface area contributed by atoms with Gasteiger partial charge in [-0.3, -0.25) is 9.48 Å². The van der Waals surface area contributed by atoms with Crippen LogP contribution in [0.5, 0.6) is 0 Å². The van der Waals surface area contributed by atoms with E-state index < -0.39 is 0 Å². The minimum absolute atomic E-state index is 0.132. The van der Waals surface area contributed by atoms with Gasteiger partial charge >= 0.3 is 0 Å². The van der Waals surface area contributed by atoms with Crippen LogP contribution in [0.1, 0.15) is 48.7 Å². The number of carbonyl (C=O) groups is 1. The van der Waals surface area contributed by atoms with Crippen LogP contribution in [-0.2, 0) is 18.4 Å². The molecule has 1 amide bonds. The SMILES string of the molecule is Cc1nn(C)c(C)c1CN(C(=O)[C@@H]1C[C@H]1c1ccccc1)C(C)C. The third-order valence-corrected chi connectivity index (χ3v) is 5.23. The van der Waals surface area contributed by atoms with E-state index in [1.165, 1.54) is 11.1 Å². The average molecular weight is 325 g/mol. The van der Waals surface area contributed by atoms with Crippen LogP contribution in [0.25, 0.3) is 0 Å². The first-order valence-corrected chi connectivity index (χ1v) is 8.74. The summed E-state index contributed by atoms with van der Waals surface area (Å²) in [5, 5.41) is 4.48. The zero-order valence-corrected chi connectivity index (χ0v) is 15.3. The Kier molecular flexibility index (Phi) is 4.48. The predicted molar refractivity (Wildman–Crippen MR) is 95.7 cm³/mol. The summed E-state index contributed by atoms with van der Waals surface area (Å²) in [5.41, 5.74) is 4.62. The molecule has 24 heavy (non-hydrogen) atoms. The number of hydrogen-bond acceptors (Lipinski definition) is 2. The van der Waals surface area contributed by atoms with Gasteiger partial charge in [-0.05, 0) is 45.6 Å². The second kappa shape index (κ2) is 6.42. The molecule has 2 aromatic rings. The van der Waals surface area contributed by atoms with Gasteiger partial charge in [0, 0.05) is 36.8 Å². The summed E-state index contributed by atoms with van der Waals surface area (Å²) >= 11 is 0. The van der Waals surface area contributed by atoms with Crippen molar-refractivity contribution < 1.29 is 4.79 Å². The molecule has 0 bridgehead atoms. The summed E-state index contributed by atoms with van der Waals surface area (Å²) in [6.07, 6.45) is 0.969. The first-order valence-electron chi connectivity index (χ1n) is 8.74. The monoisotopic (exact) mass is 325 g/mol. The maximum absolute atomic E-state index is 13.1. The molecule has 2 atom stereocenters. The van der Waals surface area contributed by atoms with Crippen LogP contribution in [-0.4, -0.2) is 26.6 Å². The minimum Gasteiger partial charge on any atom is -0.336 e. The van der Waals surface area contributed by atoms with Gasteiger partial charge in [0.1, 0.15) is 0 Å². The number of rotatable bonds is 5. The van der Waals surface area contributed by atoms with Crippen molar-refractivity contribution in [2.75, 3.05) is 0 Å². The van der Waals surface area contributed by atoms with Crippen LogP contribution in [0.2, 0.25) is 0 Å². The summed E-state index contributed by atoms with van der Waals surface area (Å²) in [6, 6.07) is 10.6. The highest BCUT2D eigenvalue weighted by atomic mass is 16.2. The maximum atomic E-state index is 13.1. The number of hydrogen-bond donors (Lipinski definition) is 0. The number of carbonyl (C=O) groups excluding carboxylic acids is 1. The lowest BCUT2D eigenvalue weighted by molar-refractivity contribution is -0.135. The molecular weight excluding hydrogens is 298 g/mol. The van der Waals surface area contributed by atoms with Crippen molar-refractivity contribution in [3.05, 3.63) is 52.8 Å². The van der Waals surface area contributed by atoms with E-state index in [1.807, 2.05) is 29.6 Å². The van der Waals surface area contributed by atoms with E-state index in [4.69, 9.17) is 0 Å². The number of benzene rings is 1. The highest BCUT2D eigenvalue weighted by molar-refractivity contribution is 5.83. The molecule has 0 unspecified atom stereocenters. The lowest BCUT2D eigenvalue weighted by atomic mass is 10.1. The van der Waals surface area contributed by atoms with Gasteiger partial charge in [0.25, 0.3) is 0 Å². The van der Waals surface area contributed by atoms with Crippen LogP contribution < -0.4 is 0 Å². The Balaban J connectivity index is 1.76. The molecule has 3 rings (SSSR count). The van der Waals surface area contributed by atoms with Crippen molar-refractivity contribution in [2.45, 2.75) is 52.6 Å². The van der Waals surface area contributed by atoms with Gasteiger partial charge in [0.15, 0.2) is 0 Å². The van der Waals surface area contributed by atoms with Crippen LogP contribution in [0.3, 0.4) is 0 Å². The lowest BCUT2D eigenvalue weighted by Gasteiger charge is -2.27. The van der Waals surface area contributed by atoms with Gasteiger partial charge in [0.2, 0.25) is 5.91 Å². The Morgan fingerprint density at radius 3 is 2.50 bits per heavy atom. The molecule has 0 radical (unpaired) electrons. The second-order valence-electron chi connectivity index (χ2n) is 7.19. The average Bonchev–Trinajstić information content (AvgIpc) is 3.31. The smallest absolute Gasteiger partial charge is 0.226 e. The van der Waals surface area contributed by atoms with E-state index in [0.29, 0.717) is 12.5 Å². The van der Waals surface area contributed by atoms with Crippen molar-refractivity contribution in [1.82, 2.24) is 14.7 Å². The van der Waals surface area contributed by atoms with Gasteiger partial charge < -0.3 is 4.90 Å². The number of nitrogens with zero attached hydrogens (tertiary/aromatic N) is 3. The summed E-state index contributed by atoms with van der Waals surface area (Å²) in [7, 11) is 1.96. The van der Waals surface area contributed by atoms with E-state index in [-0.39, 0.29) is 17.9 Å². The normalized spacial score (nSPS) is 19.6. The molecule has 1 aliphatic carbocycles. The Morgan fingerprint density at radius 2 is 1.96 bits per heavy atom. The van der Waals surface area contributed by atoms with Gasteiger partial charge in [0.05, 0.1) is 5.69 Å². The molecule has 4 heteroatoms. The third-order valence-electron chi connectivity index (χ3n) is 5.23. The molecule has 1 saturated carbocycles. The van der Waals surface area contributed by atoms with Crippen molar-refractivity contribution in [2.24, 2.45) is 13.0 Å². The zero-order valence-electron chi connectivity index (χ0n) is 15.3. The molecule has 4 nitrogen and oxygen atoms in total. The van der Waals surface area contributed by atoms with Crippen LogP contribution in [0, 0.1) is 19.8 Å². The third kappa shape index (κ3) is 3.10. The molecule has 1 aromatic carbocycles. The fraction of sp³-hybridized carbons (Fsp3) is 0.500. The van der Waals surface area contributed by atoms with Gasteiger partial charge in [-0.15, -0.1) is 0 Å². The Morgan fingerprint density at radius 1 is 1.29 bits per heavy atom. The highest BCUT2D eigenvalue weighted by Gasteiger charge is 2.46. The van der Waals surface area contributed by atoms with Crippen LogP contribution in [0.15, 0.2) is 30.3 Å². The van der Waals surface area contributed by atoms with E-state index >= 15 is 0 Å². The van der Waals surface area contributed by atoms with Crippen molar-refractivity contribution in [3.8, 4) is 0 Å². The highest BCUT2D eigenvalue weighted by Crippen LogP contribution is 2.48. The molecule has 0 aliphatic heterocycles. The van der Waals surface area contributed by atoms with Crippen molar-refractivity contribution in [3.63, 3.8) is 0 Å². The Labute approximate surface area is 144 Å². The van der Waals surface area contributed by atoms with Gasteiger partial charge in [-0.25, -0.2) is 0 Å². The molecule has 1 aromatic heterocycles. The fourth-order valence-electron chi connectivity index (χ4n) is 3.48. The molecule has 1 heterocycles. The molecule has 0 N–H and O–H groups in total. The Hall–Kier alpha value is -2.10. The predicted octanol–water partition coefficient (Wildman–Crippen LogP) is 3.58. The van der Waals surface area contributed by atoms with E-state index in [2.05, 4.69) is 50.1 Å². The number of aromatic nitrogens is 2. The summed E-state index contributed by atoms with van der Waals surface area (Å²) in [6.45, 7) is 8.94. The van der Waals surface area contributed by atoms with E-state index in [1.54, 1.807) is 0 Å². The largest absolute Gasteiger partial charge is 0.336 e. The Bertz CT molecular complexity index is 733. The molecule has 0 saturated heterocycles. The molecule has 0 spiro atoms. The maximum Gasteiger partial charge on any atom is 0.226 e. The quantitative estimate of drug-likeness (QED) is 0.843. The molecule has 1 fully saturated rings. The second-order valence-corrected chi connectivity index (χ2v) is 7.19. The van der Waals surface area contributed by atoms with Crippen LogP contribution in [0.4, 0.5) is 0 Å². The molecule has 128 valence electrons. The zero-order chi connectivity index (χ0) is 17.4. The lowest BCUT2D eigenvalue weighted by Crippen LogP contribution is -2.38. The minimum atomic E-state index is 0.132. The fourth-order valence-corrected chi connectivity index (χ4v) is 3.48. The van der Waals surface area contributed by atoms with Crippen LogP contribution >= 0.6 is 0 Å². The first-order chi connectivity index (χ1) is 11.4. The summed E-state index contributed by atoms with van der Waals surface area (Å²) < 4.78 is 1.90. The molecule has 1 aliphatic rings. The standard InChI is InChI=1S/C20H27N3O/c1-13(2)23(12-19-14(3)21-22(5)15(19)4)20(24)18-11-17(18)16-9-7-6-8-10-16/h6-10,13,17-18H,11-12H2,1-5H3/t17-,18+/m0/s1. The summed E-state index contributed by atoms with van der Waals surface area (Å²) in [5.74, 6) is 0.796.